The topological polar surface area (TPSA) is 17.1 Å². The van der Waals surface area contributed by atoms with Crippen molar-refractivity contribution in [2.45, 2.75) is 44.9 Å². The molecule has 0 spiro atoms. The average molecular weight is 349 g/mol. The van der Waals surface area contributed by atoms with E-state index in [0.29, 0.717) is 18.6 Å². The molecule has 122 valence electrons. The number of carbonyl (C=O) groups excluding carboxylic acids is 1. The van der Waals surface area contributed by atoms with Gasteiger partial charge in [0.15, 0.2) is 0 Å². The van der Waals surface area contributed by atoms with Crippen LogP contribution in [0, 0.1) is 0 Å². The number of Topliss-reactive ketones (excluding diaryl/α,β-unsaturated/α-hetero) is 1. The van der Waals surface area contributed by atoms with Crippen molar-refractivity contribution in [1.29, 1.82) is 0 Å². The number of ketones is 1. The van der Waals surface area contributed by atoms with Crippen LogP contribution in [0.5, 0.6) is 0 Å². The minimum atomic E-state index is 0.353. The lowest BCUT2D eigenvalue weighted by molar-refractivity contribution is -0.119. The van der Waals surface area contributed by atoms with Gasteiger partial charge in [0.2, 0.25) is 0 Å². The van der Waals surface area contributed by atoms with Gasteiger partial charge in [-0.25, -0.2) is 0 Å². The quantitative estimate of drug-likeness (QED) is 0.486. The predicted octanol–water partition coefficient (Wildman–Crippen LogP) is 6.30. The van der Waals surface area contributed by atoms with Crippen LogP contribution in [-0.4, -0.2) is 5.78 Å². The summed E-state index contributed by atoms with van der Waals surface area (Å²) in [6.45, 7) is 0. The molecule has 0 N–H and O–H groups in total. The first kappa shape index (κ1) is 18.0. The third kappa shape index (κ3) is 6.76. The normalized spacial score (nSPS) is 10.7. The number of hydrogen-bond donors (Lipinski definition) is 0. The molecule has 0 atom stereocenters. The predicted molar refractivity (Wildman–Crippen MR) is 98.4 cm³/mol. The molecule has 0 bridgehead atoms. The molecule has 0 amide bonds. The van der Waals surface area contributed by atoms with Gasteiger partial charge in [0.1, 0.15) is 5.78 Å². The molecule has 0 fully saturated rings. The highest BCUT2D eigenvalue weighted by Crippen LogP contribution is 2.18. The van der Waals surface area contributed by atoms with Crippen LogP contribution in [0.15, 0.2) is 48.5 Å². The molecule has 0 saturated heterocycles. The summed E-state index contributed by atoms with van der Waals surface area (Å²) in [4.78, 5) is 11.9. The molecule has 0 aliphatic heterocycles. The van der Waals surface area contributed by atoms with E-state index in [2.05, 4.69) is 12.1 Å². The Balaban J connectivity index is 1.59. The van der Waals surface area contributed by atoms with Crippen molar-refractivity contribution in [3.8, 4) is 0 Å². The largest absolute Gasteiger partial charge is 0.300 e. The van der Waals surface area contributed by atoms with E-state index >= 15 is 0 Å². The molecule has 0 unspecified atom stereocenters. The summed E-state index contributed by atoms with van der Waals surface area (Å²) >= 11 is 12.1. The lowest BCUT2D eigenvalue weighted by Gasteiger charge is -2.04. The van der Waals surface area contributed by atoms with Crippen molar-refractivity contribution in [1.82, 2.24) is 0 Å². The zero-order valence-electron chi connectivity index (χ0n) is 13.2. The van der Waals surface area contributed by atoms with Gasteiger partial charge in [0, 0.05) is 22.9 Å². The van der Waals surface area contributed by atoms with Crippen molar-refractivity contribution in [3.05, 3.63) is 69.7 Å². The molecule has 23 heavy (non-hydrogen) atoms. The molecular weight excluding hydrogens is 327 g/mol. The van der Waals surface area contributed by atoms with Crippen molar-refractivity contribution in [2.24, 2.45) is 0 Å². The fourth-order valence-electron chi connectivity index (χ4n) is 2.65. The summed E-state index contributed by atoms with van der Waals surface area (Å²) in [6, 6.07) is 15.8. The van der Waals surface area contributed by atoms with Gasteiger partial charge in [-0.1, -0.05) is 53.5 Å². The van der Waals surface area contributed by atoms with E-state index in [-0.39, 0.29) is 0 Å². The molecule has 3 heteroatoms. The summed E-state index contributed by atoms with van der Waals surface area (Å²) in [5, 5.41) is 1.58. The van der Waals surface area contributed by atoms with Crippen LogP contribution in [0.25, 0.3) is 0 Å². The van der Waals surface area contributed by atoms with Gasteiger partial charge in [0.25, 0.3) is 0 Å². The minimum absolute atomic E-state index is 0.353. The second kappa shape index (κ2) is 9.75. The molecule has 0 saturated carbocycles. The second-order valence-electron chi connectivity index (χ2n) is 5.82. The van der Waals surface area contributed by atoms with Gasteiger partial charge >= 0.3 is 0 Å². The maximum absolute atomic E-state index is 11.9. The van der Waals surface area contributed by atoms with E-state index in [0.717, 1.165) is 42.1 Å². The van der Waals surface area contributed by atoms with Crippen molar-refractivity contribution >= 4 is 29.0 Å². The van der Waals surface area contributed by atoms with Crippen LogP contribution in [0.2, 0.25) is 10.0 Å². The first-order valence-electron chi connectivity index (χ1n) is 8.15. The van der Waals surface area contributed by atoms with Crippen molar-refractivity contribution in [2.75, 3.05) is 0 Å². The maximum atomic E-state index is 11.9. The molecule has 0 aromatic heterocycles. The molecule has 2 rings (SSSR count). The molecule has 0 aliphatic carbocycles. The van der Waals surface area contributed by atoms with Crippen LogP contribution in [-0.2, 0) is 17.6 Å². The summed E-state index contributed by atoms with van der Waals surface area (Å²) in [5.74, 6) is 0.353. The number of carbonyl (C=O) groups is 1. The van der Waals surface area contributed by atoms with E-state index in [1.165, 1.54) is 11.1 Å². The smallest absolute Gasteiger partial charge is 0.132 e. The SMILES string of the molecule is O=C(CCCCc1ccccc1Cl)CCCc1cccc(Cl)c1. The third-order valence-electron chi connectivity index (χ3n) is 3.92. The van der Waals surface area contributed by atoms with Gasteiger partial charge in [0.05, 0.1) is 0 Å². The fourth-order valence-corrected chi connectivity index (χ4v) is 3.09. The number of aryl methyl sites for hydroxylation is 2. The highest BCUT2D eigenvalue weighted by molar-refractivity contribution is 6.31. The Morgan fingerprint density at radius 2 is 1.61 bits per heavy atom. The maximum Gasteiger partial charge on any atom is 0.132 e. The molecule has 0 heterocycles. The molecular formula is C20H22Cl2O. The monoisotopic (exact) mass is 348 g/mol. The zero-order chi connectivity index (χ0) is 16.5. The number of unbranched alkanes of at least 4 members (excludes halogenated alkanes) is 1. The van der Waals surface area contributed by atoms with E-state index in [4.69, 9.17) is 23.2 Å². The van der Waals surface area contributed by atoms with Gasteiger partial charge in [-0.3, -0.25) is 4.79 Å². The van der Waals surface area contributed by atoms with Crippen LogP contribution >= 0.6 is 23.2 Å². The third-order valence-corrected chi connectivity index (χ3v) is 4.52. The molecule has 2 aromatic carbocycles. The Morgan fingerprint density at radius 1 is 0.826 bits per heavy atom. The van der Waals surface area contributed by atoms with Crippen molar-refractivity contribution in [3.63, 3.8) is 0 Å². The fraction of sp³-hybridized carbons (Fsp3) is 0.350. The Bertz CT molecular complexity index is 637. The standard InChI is InChI=1S/C20H22Cl2O/c21-18-11-5-7-16(15-18)8-6-13-19(23)12-3-1-9-17-10-2-4-14-20(17)22/h2,4-5,7,10-11,14-15H,1,3,6,8-9,12-13H2. The van der Waals surface area contributed by atoms with Gasteiger partial charge in [-0.2, -0.15) is 0 Å². The average Bonchev–Trinajstić information content (AvgIpc) is 2.53. The van der Waals surface area contributed by atoms with Crippen LogP contribution < -0.4 is 0 Å². The van der Waals surface area contributed by atoms with E-state index in [1.807, 2.05) is 36.4 Å². The van der Waals surface area contributed by atoms with Crippen LogP contribution in [0.3, 0.4) is 0 Å². The highest BCUT2D eigenvalue weighted by atomic mass is 35.5. The van der Waals surface area contributed by atoms with Crippen LogP contribution in [0.4, 0.5) is 0 Å². The Hall–Kier alpha value is -1.31. The Kier molecular flexibility index (Phi) is 7.64. The van der Waals surface area contributed by atoms with Gasteiger partial charge in [-0.05, 0) is 61.4 Å². The van der Waals surface area contributed by atoms with Crippen molar-refractivity contribution < 1.29 is 4.79 Å². The van der Waals surface area contributed by atoms with Gasteiger partial charge < -0.3 is 0 Å². The highest BCUT2D eigenvalue weighted by Gasteiger charge is 2.04. The molecule has 0 aliphatic rings. The van der Waals surface area contributed by atoms with E-state index < -0.39 is 0 Å². The molecule has 0 radical (unpaired) electrons. The second-order valence-corrected chi connectivity index (χ2v) is 6.66. The minimum Gasteiger partial charge on any atom is -0.300 e. The number of rotatable bonds is 9. The van der Waals surface area contributed by atoms with E-state index in [1.54, 1.807) is 0 Å². The number of hydrogen-bond acceptors (Lipinski definition) is 1. The lowest BCUT2D eigenvalue weighted by atomic mass is 10.0. The zero-order valence-corrected chi connectivity index (χ0v) is 14.7. The summed E-state index contributed by atoms with van der Waals surface area (Å²) in [5.41, 5.74) is 2.37. The molecule has 2 aromatic rings. The first-order valence-corrected chi connectivity index (χ1v) is 8.90. The number of benzene rings is 2. The molecule has 1 nitrogen and oxygen atoms in total. The first-order chi connectivity index (χ1) is 11.1. The van der Waals surface area contributed by atoms with Crippen LogP contribution in [0.1, 0.15) is 43.2 Å². The van der Waals surface area contributed by atoms with Gasteiger partial charge in [-0.15, -0.1) is 0 Å². The van der Waals surface area contributed by atoms with E-state index in [9.17, 15) is 4.79 Å². The Morgan fingerprint density at radius 3 is 2.39 bits per heavy atom. The Labute approximate surface area is 148 Å². The summed E-state index contributed by atoms with van der Waals surface area (Å²) in [7, 11) is 0. The lowest BCUT2D eigenvalue weighted by Crippen LogP contribution is -1.99. The summed E-state index contributed by atoms with van der Waals surface area (Å²) in [6.07, 6.45) is 5.99. The summed E-state index contributed by atoms with van der Waals surface area (Å²) < 4.78 is 0. The number of halogens is 2.